The van der Waals surface area contributed by atoms with Crippen LogP contribution in [0.2, 0.25) is 5.02 Å². The van der Waals surface area contributed by atoms with Crippen LogP contribution in [-0.4, -0.2) is 27.5 Å². The minimum Gasteiger partial charge on any atom is -0.382 e. The minimum atomic E-state index is -4.55. The van der Waals surface area contributed by atoms with E-state index >= 15 is 0 Å². The van der Waals surface area contributed by atoms with Crippen molar-refractivity contribution in [1.82, 2.24) is 14.9 Å². The van der Waals surface area contributed by atoms with Crippen LogP contribution < -0.4 is 10.6 Å². The molecule has 188 valence electrons. The Labute approximate surface area is 211 Å². The molecule has 1 aliphatic carbocycles. The van der Waals surface area contributed by atoms with Gasteiger partial charge in [-0.2, -0.15) is 13.2 Å². The van der Waals surface area contributed by atoms with E-state index in [-0.39, 0.29) is 23.5 Å². The van der Waals surface area contributed by atoms with E-state index in [1.165, 1.54) is 12.1 Å². The molecule has 0 radical (unpaired) electrons. The maximum Gasteiger partial charge on any atom is 0.433 e. The smallest absolute Gasteiger partial charge is 0.382 e. The molecule has 9 heteroatoms. The van der Waals surface area contributed by atoms with Crippen molar-refractivity contribution in [2.45, 2.75) is 50.9 Å². The predicted molar refractivity (Wildman–Crippen MR) is 137 cm³/mol. The van der Waals surface area contributed by atoms with Gasteiger partial charge in [0, 0.05) is 46.1 Å². The lowest BCUT2D eigenvalue weighted by Crippen LogP contribution is -2.40. The summed E-state index contributed by atoms with van der Waals surface area (Å²) in [6.45, 7) is 2.02. The van der Waals surface area contributed by atoms with Crippen molar-refractivity contribution >= 4 is 45.0 Å². The first kappa shape index (κ1) is 24.4. The van der Waals surface area contributed by atoms with Gasteiger partial charge in [0.05, 0.1) is 5.52 Å². The van der Waals surface area contributed by atoms with E-state index in [9.17, 15) is 18.0 Å². The number of rotatable bonds is 4. The SMILES string of the molecule is Cc1cccc2c1cc(C(=O)NC1CCC(Nc3cc(C(F)(F)F)nc4ccc(Cl)cc34)CC1)n2C. The second-order valence-corrected chi connectivity index (χ2v) is 9.91. The molecular formula is C27H26ClF3N4O. The number of aromatic nitrogens is 2. The van der Waals surface area contributed by atoms with Gasteiger partial charge >= 0.3 is 6.18 Å². The molecule has 0 bridgehead atoms. The van der Waals surface area contributed by atoms with Gasteiger partial charge in [0.15, 0.2) is 0 Å². The second kappa shape index (κ2) is 9.32. The summed E-state index contributed by atoms with van der Waals surface area (Å²) < 4.78 is 42.2. The fraction of sp³-hybridized carbons (Fsp3) is 0.333. The summed E-state index contributed by atoms with van der Waals surface area (Å²) in [5.41, 5.74) is 2.41. The quantitative estimate of drug-likeness (QED) is 0.313. The van der Waals surface area contributed by atoms with Crippen molar-refractivity contribution in [3.05, 3.63) is 70.5 Å². The van der Waals surface area contributed by atoms with Gasteiger partial charge in [-0.25, -0.2) is 4.98 Å². The van der Waals surface area contributed by atoms with Crippen LogP contribution in [0.3, 0.4) is 0 Å². The molecule has 1 saturated carbocycles. The van der Waals surface area contributed by atoms with Gasteiger partial charge in [0.2, 0.25) is 0 Å². The van der Waals surface area contributed by atoms with Crippen LogP contribution in [0.5, 0.6) is 0 Å². The van der Waals surface area contributed by atoms with E-state index < -0.39 is 11.9 Å². The summed E-state index contributed by atoms with van der Waals surface area (Å²) in [6, 6.07) is 13.6. The highest BCUT2D eigenvalue weighted by Gasteiger charge is 2.34. The molecule has 36 heavy (non-hydrogen) atoms. The van der Waals surface area contributed by atoms with Gasteiger partial charge in [-0.1, -0.05) is 23.7 Å². The number of halogens is 4. The van der Waals surface area contributed by atoms with Crippen molar-refractivity contribution in [3.8, 4) is 0 Å². The molecule has 2 heterocycles. The third kappa shape index (κ3) is 4.74. The van der Waals surface area contributed by atoms with Crippen LogP contribution in [0.25, 0.3) is 21.8 Å². The lowest BCUT2D eigenvalue weighted by atomic mass is 9.90. The first-order chi connectivity index (χ1) is 17.1. The standard InChI is InChI=1S/C27H26ClF3N4O/c1-15-4-3-5-23-19(15)13-24(35(23)2)26(36)33-18-9-7-17(8-10-18)32-22-14-25(27(29,30)31)34-21-11-6-16(28)12-20(21)22/h3-6,11-14,17-18H,7-10H2,1-2H3,(H,32,34)(H,33,36). The topological polar surface area (TPSA) is 59.0 Å². The van der Waals surface area contributed by atoms with Crippen LogP contribution >= 0.6 is 11.6 Å². The Morgan fingerprint density at radius 1 is 1.03 bits per heavy atom. The number of hydrogen-bond donors (Lipinski definition) is 2. The highest BCUT2D eigenvalue weighted by Crippen LogP contribution is 2.35. The molecule has 0 atom stereocenters. The molecular weight excluding hydrogens is 489 g/mol. The third-order valence-corrected chi connectivity index (χ3v) is 7.26. The molecule has 4 aromatic rings. The van der Waals surface area contributed by atoms with Crippen LogP contribution in [-0.2, 0) is 13.2 Å². The van der Waals surface area contributed by atoms with E-state index in [1.54, 1.807) is 6.07 Å². The van der Waals surface area contributed by atoms with Crippen molar-refractivity contribution < 1.29 is 18.0 Å². The van der Waals surface area contributed by atoms with E-state index in [1.807, 2.05) is 42.8 Å². The number of anilines is 1. The van der Waals surface area contributed by atoms with E-state index in [2.05, 4.69) is 15.6 Å². The molecule has 1 fully saturated rings. The molecule has 0 aliphatic heterocycles. The summed E-state index contributed by atoms with van der Waals surface area (Å²) in [5.74, 6) is -0.117. The van der Waals surface area contributed by atoms with Crippen LogP contribution in [0, 0.1) is 6.92 Å². The third-order valence-electron chi connectivity index (χ3n) is 7.02. The number of hydrogen-bond acceptors (Lipinski definition) is 3. The highest BCUT2D eigenvalue weighted by atomic mass is 35.5. The van der Waals surface area contributed by atoms with Crippen LogP contribution in [0.15, 0.2) is 48.5 Å². The fourth-order valence-electron chi connectivity index (χ4n) is 5.05. The average molecular weight is 515 g/mol. The van der Waals surface area contributed by atoms with Crippen molar-refractivity contribution in [3.63, 3.8) is 0 Å². The number of pyridine rings is 1. The number of nitrogens with one attached hydrogen (secondary N) is 2. The molecule has 0 saturated heterocycles. The molecule has 1 aliphatic rings. The van der Waals surface area contributed by atoms with Gasteiger partial charge in [0.1, 0.15) is 11.4 Å². The molecule has 2 aromatic heterocycles. The zero-order valence-corrected chi connectivity index (χ0v) is 20.7. The van der Waals surface area contributed by atoms with Crippen molar-refractivity contribution in [2.24, 2.45) is 7.05 Å². The Kier molecular flexibility index (Phi) is 6.32. The Bertz CT molecular complexity index is 1460. The van der Waals surface area contributed by atoms with E-state index in [0.717, 1.165) is 35.4 Å². The summed E-state index contributed by atoms with van der Waals surface area (Å²) in [7, 11) is 1.89. The number of nitrogens with zero attached hydrogens (tertiary/aromatic N) is 2. The first-order valence-electron chi connectivity index (χ1n) is 11.9. The Morgan fingerprint density at radius 3 is 2.44 bits per heavy atom. The number of fused-ring (bicyclic) bond motifs is 2. The fourth-order valence-corrected chi connectivity index (χ4v) is 5.22. The van der Waals surface area contributed by atoms with E-state index in [4.69, 9.17) is 11.6 Å². The van der Waals surface area contributed by atoms with Crippen molar-refractivity contribution in [1.29, 1.82) is 0 Å². The van der Waals surface area contributed by atoms with Gasteiger partial charge in [-0.05, 0) is 74.6 Å². The van der Waals surface area contributed by atoms with Crippen LogP contribution in [0.1, 0.15) is 47.4 Å². The highest BCUT2D eigenvalue weighted by molar-refractivity contribution is 6.31. The number of amides is 1. The van der Waals surface area contributed by atoms with Gasteiger partial charge < -0.3 is 15.2 Å². The lowest BCUT2D eigenvalue weighted by Gasteiger charge is -2.30. The number of alkyl halides is 3. The Morgan fingerprint density at radius 2 is 1.75 bits per heavy atom. The second-order valence-electron chi connectivity index (χ2n) is 9.48. The van der Waals surface area contributed by atoms with Crippen molar-refractivity contribution in [2.75, 3.05) is 5.32 Å². The summed E-state index contributed by atoms with van der Waals surface area (Å²) in [6.07, 6.45) is -1.67. The molecule has 0 unspecified atom stereocenters. The molecule has 5 nitrogen and oxygen atoms in total. The van der Waals surface area contributed by atoms with Gasteiger partial charge in [-0.3, -0.25) is 4.79 Å². The molecule has 2 N–H and O–H groups in total. The number of carbonyl (C=O) groups excluding carboxylic acids is 1. The number of aryl methyl sites for hydroxylation is 2. The zero-order valence-electron chi connectivity index (χ0n) is 19.9. The maximum absolute atomic E-state index is 13.4. The Balaban J connectivity index is 1.28. The van der Waals surface area contributed by atoms with E-state index in [0.29, 0.717) is 34.6 Å². The first-order valence-corrected chi connectivity index (χ1v) is 12.3. The molecule has 2 aromatic carbocycles. The van der Waals surface area contributed by atoms with Gasteiger partial charge in [0.25, 0.3) is 5.91 Å². The summed E-state index contributed by atoms with van der Waals surface area (Å²) in [4.78, 5) is 16.8. The normalized spacial score (nSPS) is 18.5. The Hall–Kier alpha value is -3.26. The minimum absolute atomic E-state index is 0.00373. The molecule has 5 rings (SSSR count). The molecule has 1 amide bonds. The summed E-state index contributed by atoms with van der Waals surface area (Å²) >= 11 is 6.11. The summed E-state index contributed by atoms with van der Waals surface area (Å²) in [5, 5.41) is 8.47. The van der Waals surface area contributed by atoms with Crippen LogP contribution in [0.4, 0.5) is 18.9 Å². The predicted octanol–water partition coefficient (Wildman–Crippen LogP) is 6.86. The largest absolute Gasteiger partial charge is 0.433 e. The average Bonchev–Trinajstić information content (AvgIpc) is 3.18. The zero-order chi connectivity index (χ0) is 25.6. The number of benzene rings is 2. The lowest BCUT2D eigenvalue weighted by molar-refractivity contribution is -0.140. The van der Waals surface area contributed by atoms with Gasteiger partial charge in [-0.15, -0.1) is 0 Å². The maximum atomic E-state index is 13.4. The molecule has 0 spiro atoms. The monoisotopic (exact) mass is 514 g/mol. The number of carbonyl (C=O) groups is 1.